The number of hydrogen-bond acceptors (Lipinski definition) is 4. The van der Waals surface area contributed by atoms with Gasteiger partial charge in [-0.2, -0.15) is 13.2 Å². The van der Waals surface area contributed by atoms with Crippen molar-refractivity contribution in [1.29, 1.82) is 0 Å². The molecule has 0 bridgehead atoms. The number of nitrogens with one attached hydrogen (secondary N) is 1. The maximum absolute atomic E-state index is 13.9. The largest absolute Gasteiger partial charge is 0.416 e. The number of likely N-dealkylation sites (tertiary alicyclic amines) is 1. The van der Waals surface area contributed by atoms with Crippen LogP contribution >= 0.6 is 11.6 Å². The molecule has 1 fully saturated rings. The summed E-state index contributed by atoms with van der Waals surface area (Å²) in [6.07, 6.45) is 0.879. The molecule has 2 aromatic carbocycles. The van der Waals surface area contributed by atoms with Crippen LogP contribution in [0.2, 0.25) is 5.02 Å². The van der Waals surface area contributed by atoms with Gasteiger partial charge in [-0.25, -0.2) is 9.97 Å². The quantitative estimate of drug-likeness (QED) is 0.281. The fourth-order valence-corrected chi connectivity index (χ4v) is 5.40. The fourth-order valence-electron chi connectivity index (χ4n) is 5.16. The molecule has 39 heavy (non-hydrogen) atoms. The Morgan fingerprint density at radius 1 is 1.08 bits per heavy atom. The van der Waals surface area contributed by atoms with Crippen molar-refractivity contribution in [2.75, 3.05) is 25.0 Å². The number of alkyl halides is 3. The lowest BCUT2D eigenvalue weighted by Crippen LogP contribution is -2.34. The average Bonchev–Trinajstić information content (AvgIpc) is 3.35. The van der Waals surface area contributed by atoms with Gasteiger partial charge in [-0.1, -0.05) is 30.7 Å². The van der Waals surface area contributed by atoms with Gasteiger partial charge in [0.1, 0.15) is 11.8 Å². The molecule has 0 atom stereocenters. The predicted molar refractivity (Wildman–Crippen MR) is 146 cm³/mol. The number of hydrogen-bond donors (Lipinski definition) is 1. The highest BCUT2D eigenvalue weighted by molar-refractivity contribution is 6.31. The summed E-state index contributed by atoms with van der Waals surface area (Å²) in [5, 5.41) is 2.97. The van der Waals surface area contributed by atoms with Gasteiger partial charge in [0.15, 0.2) is 5.65 Å². The van der Waals surface area contributed by atoms with E-state index in [-0.39, 0.29) is 23.6 Å². The Morgan fingerprint density at radius 3 is 2.56 bits per heavy atom. The van der Waals surface area contributed by atoms with Gasteiger partial charge < -0.3 is 10.2 Å². The highest BCUT2D eigenvalue weighted by atomic mass is 35.5. The zero-order chi connectivity index (χ0) is 27.6. The zero-order valence-corrected chi connectivity index (χ0v) is 22.3. The van der Waals surface area contributed by atoms with Crippen LogP contribution in [0.5, 0.6) is 0 Å². The van der Waals surface area contributed by atoms with Crippen LogP contribution in [0.25, 0.3) is 16.9 Å². The Balaban J connectivity index is 1.27. The third-order valence-corrected chi connectivity index (χ3v) is 7.69. The Bertz CT molecular complexity index is 1480. The first-order valence-electron chi connectivity index (χ1n) is 13.0. The number of nitrogens with zero attached hydrogens (tertiary/aromatic N) is 4. The van der Waals surface area contributed by atoms with Gasteiger partial charge in [-0.05, 0) is 92.3 Å². The van der Waals surface area contributed by atoms with Crippen LogP contribution < -0.4 is 5.32 Å². The van der Waals surface area contributed by atoms with Crippen LogP contribution in [-0.2, 0) is 23.8 Å². The van der Waals surface area contributed by atoms with E-state index in [0.29, 0.717) is 22.7 Å². The van der Waals surface area contributed by atoms with Crippen molar-refractivity contribution >= 4 is 34.4 Å². The third kappa shape index (κ3) is 6.25. The second-order valence-electron chi connectivity index (χ2n) is 9.91. The molecule has 204 valence electrons. The number of fused-ring (bicyclic) bond motifs is 1. The molecule has 0 unspecified atom stereocenters. The number of carbonyl (C=O) groups excluding carboxylic acids is 1. The SMILES string of the molecule is CCN1CCC(Cc2ccc(NC(=O)Cc3ccc(-n4cnc5cccnc54)cc3Cl)cc2C(F)(F)F)CC1. The normalized spacial score (nSPS) is 15.1. The number of imidazole rings is 1. The van der Waals surface area contributed by atoms with Gasteiger partial charge in [0, 0.05) is 16.9 Å². The van der Waals surface area contributed by atoms with Crippen LogP contribution in [0.1, 0.15) is 36.5 Å². The second kappa shape index (κ2) is 11.4. The van der Waals surface area contributed by atoms with Gasteiger partial charge in [0.05, 0.1) is 17.7 Å². The number of carbonyl (C=O) groups is 1. The summed E-state index contributed by atoms with van der Waals surface area (Å²) in [6.45, 7) is 4.88. The summed E-state index contributed by atoms with van der Waals surface area (Å²) >= 11 is 6.48. The van der Waals surface area contributed by atoms with Gasteiger partial charge in [-0.15, -0.1) is 0 Å². The van der Waals surface area contributed by atoms with Crippen molar-refractivity contribution in [2.24, 2.45) is 5.92 Å². The fraction of sp³-hybridized carbons (Fsp3) is 0.345. The number of piperidine rings is 1. The van der Waals surface area contributed by atoms with E-state index in [1.807, 2.05) is 6.07 Å². The van der Waals surface area contributed by atoms with E-state index in [1.54, 1.807) is 47.4 Å². The number of halogens is 4. The highest BCUT2D eigenvalue weighted by Gasteiger charge is 2.34. The Labute approximate surface area is 229 Å². The van der Waals surface area contributed by atoms with Crippen LogP contribution in [0.3, 0.4) is 0 Å². The molecule has 10 heteroatoms. The number of amides is 1. The summed E-state index contributed by atoms with van der Waals surface area (Å²) in [5.41, 5.74) is 2.40. The Kier molecular flexibility index (Phi) is 7.91. The van der Waals surface area contributed by atoms with Crippen molar-refractivity contribution in [3.8, 4) is 5.69 Å². The summed E-state index contributed by atoms with van der Waals surface area (Å²) in [6, 6.07) is 13.0. The molecule has 1 N–H and O–H groups in total. The van der Waals surface area contributed by atoms with E-state index in [1.165, 1.54) is 6.07 Å². The summed E-state index contributed by atoms with van der Waals surface area (Å²) in [5.74, 6) is -0.234. The summed E-state index contributed by atoms with van der Waals surface area (Å²) < 4.78 is 43.6. The van der Waals surface area contributed by atoms with E-state index < -0.39 is 17.6 Å². The predicted octanol–water partition coefficient (Wildman–Crippen LogP) is 6.55. The number of rotatable bonds is 7. The van der Waals surface area contributed by atoms with Crippen LogP contribution in [0.15, 0.2) is 61.1 Å². The maximum atomic E-state index is 13.9. The Hall–Kier alpha value is -3.43. The minimum absolute atomic E-state index is 0.0822. The number of aromatic nitrogens is 3. The topological polar surface area (TPSA) is 63.1 Å². The van der Waals surface area contributed by atoms with Crippen molar-refractivity contribution in [2.45, 2.75) is 38.8 Å². The molecular formula is C29H29ClF3N5O. The molecule has 0 saturated carbocycles. The molecule has 1 saturated heterocycles. The summed E-state index contributed by atoms with van der Waals surface area (Å²) in [7, 11) is 0. The molecular weight excluding hydrogens is 527 g/mol. The molecule has 1 aliphatic heterocycles. The van der Waals surface area contributed by atoms with E-state index in [4.69, 9.17) is 11.6 Å². The molecule has 6 nitrogen and oxygen atoms in total. The van der Waals surface area contributed by atoms with Crippen LogP contribution in [0.4, 0.5) is 18.9 Å². The van der Waals surface area contributed by atoms with Crippen LogP contribution in [-0.4, -0.2) is 45.0 Å². The lowest BCUT2D eigenvalue weighted by molar-refractivity contribution is -0.138. The van der Waals surface area contributed by atoms with Gasteiger partial charge in [0.2, 0.25) is 5.91 Å². The molecule has 0 spiro atoms. The zero-order valence-electron chi connectivity index (χ0n) is 21.5. The standard InChI is InChI=1S/C29H29ClF3N5O/c1-2-37-12-9-19(10-13-37)14-20-5-7-22(16-24(20)29(31,32)33)36-27(39)15-21-6-8-23(17-25(21)30)38-18-35-26-4-3-11-34-28(26)38/h3-8,11,16-19H,2,9-10,12-15H2,1H3,(H,36,39). The van der Waals surface area contributed by atoms with E-state index in [9.17, 15) is 18.0 Å². The first kappa shape index (κ1) is 27.1. The first-order chi connectivity index (χ1) is 18.7. The number of benzene rings is 2. The molecule has 2 aromatic heterocycles. The Morgan fingerprint density at radius 2 is 1.85 bits per heavy atom. The summed E-state index contributed by atoms with van der Waals surface area (Å²) in [4.78, 5) is 23.7. The number of anilines is 1. The monoisotopic (exact) mass is 555 g/mol. The second-order valence-corrected chi connectivity index (χ2v) is 10.3. The van der Waals surface area contributed by atoms with Crippen LogP contribution in [0, 0.1) is 5.92 Å². The minimum Gasteiger partial charge on any atom is -0.326 e. The van der Waals surface area contributed by atoms with Gasteiger partial charge >= 0.3 is 6.18 Å². The van der Waals surface area contributed by atoms with Crippen molar-refractivity contribution in [3.63, 3.8) is 0 Å². The molecule has 1 aliphatic rings. The van der Waals surface area contributed by atoms with Crippen molar-refractivity contribution < 1.29 is 18.0 Å². The van der Waals surface area contributed by atoms with Crippen molar-refractivity contribution in [3.05, 3.63) is 82.8 Å². The highest BCUT2D eigenvalue weighted by Crippen LogP contribution is 2.36. The van der Waals surface area contributed by atoms with Gasteiger partial charge in [0.25, 0.3) is 0 Å². The van der Waals surface area contributed by atoms with E-state index in [0.717, 1.165) is 49.7 Å². The van der Waals surface area contributed by atoms with Crippen molar-refractivity contribution in [1.82, 2.24) is 19.4 Å². The minimum atomic E-state index is -4.51. The molecule has 0 radical (unpaired) electrons. The van der Waals surface area contributed by atoms with E-state index in [2.05, 4.69) is 27.1 Å². The third-order valence-electron chi connectivity index (χ3n) is 7.33. The van der Waals surface area contributed by atoms with Gasteiger partial charge in [-0.3, -0.25) is 9.36 Å². The number of pyridine rings is 1. The lowest BCUT2D eigenvalue weighted by Gasteiger charge is -2.31. The lowest BCUT2D eigenvalue weighted by atomic mass is 9.88. The molecule has 3 heterocycles. The first-order valence-corrected chi connectivity index (χ1v) is 13.4. The average molecular weight is 556 g/mol. The smallest absolute Gasteiger partial charge is 0.326 e. The molecule has 0 aliphatic carbocycles. The van der Waals surface area contributed by atoms with E-state index >= 15 is 0 Å². The molecule has 4 aromatic rings. The maximum Gasteiger partial charge on any atom is 0.416 e. The molecule has 1 amide bonds. The molecule has 5 rings (SSSR count).